The van der Waals surface area contributed by atoms with Crippen molar-refractivity contribution in [2.75, 3.05) is 19.3 Å². The molecule has 1 fully saturated rings. The molecule has 0 N–H and O–H groups in total. The lowest BCUT2D eigenvalue weighted by atomic mass is 9.92. The highest BCUT2D eigenvalue weighted by Crippen LogP contribution is 2.23. The maximum atomic E-state index is 13.5. The first-order valence-corrected chi connectivity index (χ1v) is 8.50. The number of nitrogens with zero attached hydrogens (tertiary/aromatic N) is 1. The smallest absolute Gasteiger partial charge is 0.211 e. The van der Waals surface area contributed by atoms with Crippen LogP contribution in [0.15, 0.2) is 24.3 Å². The van der Waals surface area contributed by atoms with Crippen molar-refractivity contribution in [1.82, 2.24) is 4.31 Å². The lowest BCUT2D eigenvalue weighted by molar-refractivity contribution is 0.257. The number of rotatable bonds is 4. The molecule has 1 aromatic carbocycles. The third-order valence-corrected chi connectivity index (χ3v) is 5.00. The number of piperidine rings is 1. The van der Waals surface area contributed by atoms with Crippen molar-refractivity contribution in [3.8, 4) is 0 Å². The normalized spacial score (nSPS) is 21.5. The predicted octanol–water partition coefficient (Wildman–Crippen LogP) is 2.43. The van der Waals surface area contributed by atoms with Gasteiger partial charge in [0, 0.05) is 13.1 Å². The van der Waals surface area contributed by atoms with Gasteiger partial charge in [-0.25, -0.2) is 17.1 Å². The van der Waals surface area contributed by atoms with Crippen molar-refractivity contribution < 1.29 is 12.8 Å². The third-order valence-electron chi connectivity index (χ3n) is 3.73. The second kappa shape index (κ2) is 6.01. The van der Waals surface area contributed by atoms with Crippen LogP contribution in [0, 0.1) is 11.7 Å². The molecular weight excluding hydrogens is 265 g/mol. The molecule has 0 unspecified atom stereocenters. The number of hydrogen-bond donors (Lipinski definition) is 0. The van der Waals surface area contributed by atoms with E-state index >= 15 is 0 Å². The zero-order valence-corrected chi connectivity index (χ0v) is 12.0. The predicted molar refractivity (Wildman–Crippen MR) is 73.9 cm³/mol. The maximum Gasteiger partial charge on any atom is 0.211 e. The van der Waals surface area contributed by atoms with E-state index in [9.17, 15) is 12.8 Å². The Bertz CT molecular complexity index is 530. The molecule has 0 bridgehead atoms. The van der Waals surface area contributed by atoms with Crippen LogP contribution < -0.4 is 0 Å². The molecule has 1 saturated heterocycles. The molecule has 0 radical (unpaired) electrons. The number of halogens is 1. The van der Waals surface area contributed by atoms with Gasteiger partial charge in [-0.2, -0.15) is 0 Å². The van der Waals surface area contributed by atoms with Crippen LogP contribution in [0.3, 0.4) is 0 Å². The van der Waals surface area contributed by atoms with Gasteiger partial charge in [0.25, 0.3) is 0 Å². The van der Waals surface area contributed by atoms with Crippen LogP contribution in [0.25, 0.3) is 0 Å². The summed E-state index contributed by atoms with van der Waals surface area (Å²) in [4.78, 5) is 0. The lowest BCUT2D eigenvalue weighted by Crippen LogP contribution is -2.39. The first-order chi connectivity index (χ1) is 8.97. The van der Waals surface area contributed by atoms with Crippen molar-refractivity contribution in [2.24, 2.45) is 5.92 Å². The Morgan fingerprint density at radius 3 is 2.79 bits per heavy atom. The molecule has 0 aromatic heterocycles. The van der Waals surface area contributed by atoms with Gasteiger partial charge in [0.15, 0.2) is 0 Å². The average Bonchev–Trinajstić information content (AvgIpc) is 2.37. The Morgan fingerprint density at radius 2 is 2.11 bits per heavy atom. The molecule has 3 nitrogen and oxygen atoms in total. The minimum absolute atomic E-state index is 0.168. The summed E-state index contributed by atoms with van der Waals surface area (Å²) >= 11 is 0. The van der Waals surface area contributed by atoms with Gasteiger partial charge >= 0.3 is 0 Å². The standard InChI is InChI=1S/C14H20FNO2S/c1-19(17,18)16-10-4-5-12(11-16)8-9-13-6-2-3-7-14(13)15/h2-3,6-7,12H,4-5,8-11H2,1H3/t12-/m1/s1. The minimum Gasteiger partial charge on any atom is -0.213 e. The molecule has 2 rings (SSSR count). The number of aryl methyl sites for hydroxylation is 1. The van der Waals surface area contributed by atoms with Crippen molar-refractivity contribution in [3.63, 3.8) is 0 Å². The fraction of sp³-hybridized carbons (Fsp3) is 0.571. The van der Waals surface area contributed by atoms with Gasteiger partial charge in [0.2, 0.25) is 10.0 Å². The monoisotopic (exact) mass is 285 g/mol. The van der Waals surface area contributed by atoms with Gasteiger partial charge in [0.05, 0.1) is 6.26 Å². The molecule has 1 aliphatic heterocycles. The van der Waals surface area contributed by atoms with Crippen LogP contribution in [0.5, 0.6) is 0 Å². The van der Waals surface area contributed by atoms with Gasteiger partial charge in [-0.05, 0) is 43.2 Å². The average molecular weight is 285 g/mol. The van der Waals surface area contributed by atoms with Crippen LogP contribution in [-0.4, -0.2) is 32.1 Å². The Morgan fingerprint density at radius 1 is 1.37 bits per heavy atom. The maximum absolute atomic E-state index is 13.5. The van der Waals surface area contributed by atoms with Crippen molar-refractivity contribution >= 4 is 10.0 Å². The summed E-state index contributed by atoms with van der Waals surface area (Å²) in [6.45, 7) is 1.20. The van der Waals surface area contributed by atoms with E-state index in [-0.39, 0.29) is 5.82 Å². The summed E-state index contributed by atoms with van der Waals surface area (Å²) in [7, 11) is -3.09. The second-order valence-corrected chi connectivity index (χ2v) is 7.24. The number of benzene rings is 1. The SMILES string of the molecule is CS(=O)(=O)N1CCC[C@H](CCc2ccccc2F)C1. The molecule has 0 spiro atoms. The van der Waals surface area contributed by atoms with Gasteiger partial charge < -0.3 is 0 Å². The van der Waals surface area contributed by atoms with E-state index in [0.717, 1.165) is 24.8 Å². The largest absolute Gasteiger partial charge is 0.213 e. The molecule has 0 aliphatic carbocycles. The fourth-order valence-electron chi connectivity index (χ4n) is 2.62. The Balaban J connectivity index is 1.92. The van der Waals surface area contributed by atoms with Crippen LogP contribution in [0.2, 0.25) is 0 Å². The second-order valence-electron chi connectivity index (χ2n) is 5.26. The summed E-state index contributed by atoms with van der Waals surface area (Å²) in [5, 5.41) is 0. The molecular formula is C14H20FNO2S. The highest BCUT2D eigenvalue weighted by Gasteiger charge is 2.25. The van der Waals surface area contributed by atoms with Crippen molar-refractivity contribution in [2.45, 2.75) is 25.7 Å². The first-order valence-electron chi connectivity index (χ1n) is 6.65. The summed E-state index contributed by atoms with van der Waals surface area (Å²) in [6, 6.07) is 6.79. The summed E-state index contributed by atoms with van der Waals surface area (Å²) in [6.07, 6.45) is 4.70. The van der Waals surface area contributed by atoms with E-state index in [0.29, 0.717) is 25.4 Å². The summed E-state index contributed by atoms with van der Waals surface area (Å²) < 4.78 is 38.1. The molecule has 19 heavy (non-hydrogen) atoms. The molecule has 0 saturated carbocycles. The molecule has 1 aromatic rings. The molecule has 5 heteroatoms. The summed E-state index contributed by atoms with van der Waals surface area (Å²) in [5.74, 6) is 0.168. The van der Waals surface area contributed by atoms with Crippen LogP contribution >= 0.6 is 0 Å². The minimum atomic E-state index is -3.09. The van der Waals surface area contributed by atoms with E-state index < -0.39 is 10.0 Å². The quantitative estimate of drug-likeness (QED) is 0.852. The molecule has 1 heterocycles. The van der Waals surface area contributed by atoms with E-state index in [1.807, 2.05) is 6.07 Å². The van der Waals surface area contributed by atoms with E-state index in [2.05, 4.69) is 0 Å². The fourth-order valence-corrected chi connectivity index (χ4v) is 3.57. The zero-order chi connectivity index (χ0) is 13.9. The van der Waals surface area contributed by atoms with E-state index in [1.165, 1.54) is 12.3 Å². The van der Waals surface area contributed by atoms with Crippen molar-refractivity contribution in [3.05, 3.63) is 35.6 Å². The zero-order valence-electron chi connectivity index (χ0n) is 11.2. The van der Waals surface area contributed by atoms with E-state index in [4.69, 9.17) is 0 Å². The number of sulfonamides is 1. The van der Waals surface area contributed by atoms with Gasteiger partial charge in [-0.15, -0.1) is 0 Å². The van der Waals surface area contributed by atoms with Gasteiger partial charge in [0.1, 0.15) is 5.82 Å². The summed E-state index contributed by atoms with van der Waals surface area (Å²) in [5.41, 5.74) is 0.721. The van der Waals surface area contributed by atoms with Crippen LogP contribution in [0.1, 0.15) is 24.8 Å². The molecule has 1 atom stereocenters. The Hall–Kier alpha value is -0.940. The van der Waals surface area contributed by atoms with Gasteiger partial charge in [-0.3, -0.25) is 0 Å². The number of hydrogen-bond acceptors (Lipinski definition) is 2. The van der Waals surface area contributed by atoms with Crippen LogP contribution in [0.4, 0.5) is 4.39 Å². The molecule has 1 aliphatic rings. The van der Waals surface area contributed by atoms with Crippen LogP contribution in [-0.2, 0) is 16.4 Å². The van der Waals surface area contributed by atoms with Gasteiger partial charge in [-0.1, -0.05) is 18.2 Å². The van der Waals surface area contributed by atoms with E-state index in [1.54, 1.807) is 16.4 Å². The molecule has 0 amide bonds. The Kier molecular flexibility index (Phi) is 4.58. The lowest BCUT2D eigenvalue weighted by Gasteiger charge is -2.31. The Labute approximate surface area is 114 Å². The third kappa shape index (κ3) is 4.01. The van der Waals surface area contributed by atoms with Crippen molar-refractivity contribution in [1.29, 1.82) is 0 Å². The first kappa shape index (κ1) is 14.5. The molecule has 106 valence electrons. The topological polar surface area (TPSA) is 37.4 Å². The highest BCUT2D eigenvalue weighted by atomic mass is 32.2. The highest BCUT2D eigenvalue weighted by molar-refractivity contribution is 7.88.